The van der Waals surface area contributed by atoms with E-state index in [0.717, 1.165) is 30.1 Å². The molecule has 2 aromatic rings. The molecule has 0 saturated carbocycles. The lowest BCUT2D eigenvalue weighted by Crippen LogP contribution is -2.48. The number of carbonyl (C=O) groups excluding carboxylic acids is 1. The minimum atomic E-state index is -0.0236. The van der Waals surface area contributed by atoms with E-state index in [2.05, 4.69) is 10.6 Å². The Labute approximate surface area is 156 Å². The summed E-state index contributed by atoms with van der Waals surface area (Å²) in [5, 5.41) is 7.49. The third kappa shape index (κ3) is 4.45. The lowest BCUT2D eigenvalue weighted by molar-refractivity contribution is 0.0942. The number of hydrogen-bond donors (Lipinski definition) is 2. The Bertz CT molecular complexity index is 714. The van der Waals surface area contributed by atoms with E-state index in [1.165, 1.54) is 0 Å². The van der Waals surface area contributed by atoms with Gasteiger partial charge in [0.25, 0.3) is 5.91 Å². The van der Waals surface area contributed by atoms with E-state index in [-0.39, 0.29) is 5.91 Å². The number of nitrogens with one attached hydrogen (secondary N) is 2. The van der Waals surface area contributed by atoms with E-state index in [9.17, 15) is 4.79 Å². The topological polar surface area (TPSA) is 41.1 Å². The second-order valence-corrected chi connectivity index (χ2v) is 7.57. The second-order valence-electron chi connectivity index (χ2n) is 5.77. The number of hydrogen-bond acceptors (Lipinski definition) is 3. The number of benzene rings is 2. The summed E-state index contributed by atoms with van der Waals surface area (Å²) in [4.78, 5) is 13.1. The fourth-order valence-electron chi connectivity index (χ4n) is 2.41. The van der Waals surface area contributed by atoms with Crippen LogP contribution in [-0.4, -0.2) is 25.5 Å². The Morgan fingerprint density at radius 1 is 1.17 bits per heavy atom. The quantitative estimate of drug-likeness (QED) is 0.736. The molecule has 1 aliphatic rings. The first-order chi connectivity index (χ1) is 11.6. The monoisotopic (exact) mass is 380 g/mol. The van der Waals surface area contributed by atoms with Gasteiger partial charge in [-0.05, 0) is 29.8 Å². The molecule has 0 unspecified atom stereocenters. The molecule has 0 aromatic heterocycles. The number of amides is 1. The lowest BCUT2D eigenvalue weighted by Gasteiger charge is -2.27. The molecule has 24 heavy (non-hydrogen) atoms. The van der Waals surface area contributed by atoms with Gasteiger partial charge < -0.3 is 10.6 Å². The first-order valence-corrected chi connectivity index (χ1v) is 9.52. The molecule has 3 nitrogen and oxygen atoms in total. The van der Waals surface area contributed by atoms with E-state index >= 15 is 0 Å². The summed E-state index contributed by atoms with van der Waals surface area (Å²) in [5.41, 5.74) is 1.75. The summed E-state index contributed by atoms with van der Waals surface area (Å²) in [7, 11) is 0. The fourth-order valence-corrected chi connectivity index (χ4v) is 4.04. The molecule has 1 heterocycles. The minimum absolute atomic E-state index is 0.0236. The van der Waals surface area contributed by atoms with Gasteiger partial charge in [0, 0.05) is 41.8 Å². The van der Waals surface area contributed by atoms with Gasteiger partial charge in [-0.25, -0.2) is 0 Å². The maximum absolute atomic E-state index is 12.2. The van der Waals surface area contributed by atoms with Crippen molar-refractivity contribution in [2.75, 3.05) is 19.6 Å². The fraction of sp³-hybridized carbons (Fsp3) is 0.278. The zero-order chi connectivity index (χ0) is 16.9. The maximum atomic E-state index is 12.2. The van der Waals surface area contributed by atoms with Gasteiger partial charge in [-0.3, -0.25) is 4.79 Å². The van der Waals surface area contributed by atoms with Crippen LogP contribution in [0.5, 0.6) is 0 Å². The zero-order valence-electron chi connectivity index (χ0n) is 13.0. The highest BCUT2D eigenvalue weighted by molar-refractivity contribution is 7.98. The van der Waals surface area contributed by atoms with Crippen molar-refractivity contribution in [2.24, 2.45) is 5.92 Å². The predicted octanol–water partition coefficient (Wildman–Crippen LogP) is 4.23. The van der Waals surface area contributed by atoms with Gasteiger partial charge in [0.15, 0.2) is 0 Å². The standard InChI is InChI=1S/C18H18Cl2N2OS/c19-15-5-2-6-16(20)17(15)24-11-12-3-1-4-14(7-12)18(23)22-10-13-8-21-9-13/h1-7,13,21H,8-11H2,(H,22,23). The Balaban J connectivity index is 1.61. The average molecular weight is 381 g/mol. The van der Waals surface area contributed by atoms with E-state index in [1.807, 2.05) is 42.5 Å². The minimum Gasteiger partial charge on any atom is -0.352 e. The third-order valence-electron chi connectivity index (χ3n) is 3.91. The SMILES string of the molecule is O=C(NCC1CNC1)c1cccc(CSc2c(Cl)cccc2Cl)c1. The lowest BCUT2D eigenvalue weighted by atomic mass is 10.0. The van der Waals surface area contributed by atoms with Gasteiger partial charge in [-0.2, -0.15) is 0 Å². The van der Waals surface area contributed by atoms with Crippen molar-refractivity contribution < 1.29 is 4.79 Å². The van der Waals surface area contributed by atoms with Gasteiger partial charge in [0.05, 0.1) is 10.0 Å². The van der Waals surface area contributed by atoms with E-state index in [4.69, 9.17) is 23.2 Å². The molecule has 1 amide bonds. The van der Waals surface area contributed by atoms with Crippen molar-refractivity contribution >= 4 is 40.9 Å². The van der Waals surface area contributed by atoms with Crippen LogP contribution in [0, 0.1) is 5.92 Å². The van der Waals surface area contributed by atoms with Gasteiger partial charge >= 0.3 is 0 Å². The summed E-state index contributed by atoms with van der Waals surface area (Å²) in [6.45, 7) is 2.69. The normalized spacial score (nSPS) is 14.2. The molecule has 2 aromatic carbocycles. The average Bonchev–Trinajstić information content (AvgIpc) is 2.53. The molecule has 0 atom stereocenters. The van der Waals surface area contributed by atoms with Crippen LogP contribution >= 0.6 is 35.0 Å². The largest absolute Gasteiger partial charge is 0.352 e. The first kappa shape index (κ1) is 17.6. The number of carbonyl (C=O) groups is 1. The molecular weight excluding hydrogens is 363 g/mol. The molecule has 0 radical (unpaired) electrons. The van der Waals surface area contributed by atoms with Crippen LogP contribution in [0.4, 0.5) is 0 Å². The third-order valence-corrected chi connectivity index (χ3v) is 5.97. The van der Waals surface area contributed by atoms with Crippen molar-refractivity contribution in [3.8, 4) is 0 Å². The molecule has 0 aliphatic carbocycles. The van der Waals surface area contributed by atoms with Crippen LogP contribution in [0.3, 0.4) is 0 Å². The van der Waals surface area contributed by atoms with Crippen LogP contribution < -0.4 is 10.6 Å². The van der Waals surface area contributed by atoms with Gasteiger partial charge in [-0.15, -0.1) is 11.8 Å². The van der Waals surface area contributed by atoms with Crippen molar-refractivity contribution in [1.29, 1.82) is 0 Å². The Morgan fingerprint density at radius 2 is 1.88 bits per heavy atom. The van der Waals surface area contributed by atoms with Crippen molar-refractivity contribution in [3.63, 3.8) is 0 Å². The zero-order valence-corrected chi connectivity index (χ0v) is 15.3. The molecule has 3 rings (SSSR count). The van der Waals surface area contributed by atoms with Crippen LogP contribution in [-0.2, 0) is 5.75 Å². The highest BCUT2D eigenvalue weighted by Crippen LogP contribution is 2.35. The summed E-state index contributed by atoms with van der Waals surface area (Å²) >= 11 is 14.0. The Morgan fingerprint density at radius 3 is 2.54 bits per heavy atom. The molecule has 2 N–H and O–H groups in total. The number of thioether (sulfide) groups is 1. The molecule has 1 saturated heterocycles. The molecule has 0 bridgehead atoms. The van der Waals surface area contributed by atoms with Crippen molar-refractivity contribution in [2.45, 2.75) is 10.6 Å². The smallest absolute Gasteiger partial charge is 0.251 e. The van der Waals surface area contributed by atoms with Crippen LogP contribution in [0.25, 0.3) is 0 Å². The molecule has 6 heteroatoms. The molecule has 1 fully saturated rings. The summed E-state index contributed by atoms with van der Waals surface area (Å²) in [5.74, 6) is 1.23. The van der Waals surface area contributed by atoms with E-state index in [1.54, 1.807) is 11.8 Å². The molecule has 0 spiro atoms. The summed E-state index contributed by atoms with van der Waals surface area (Å²) < 4.78 is 0. The second kappa shape index (κ2) is 8.26. The molecule has 126 valence electrons. The Kier molecular flexibility index (Phi) is 6.06. The molecular formula is C18H18Cl2N2OS. The van der Waals surface area contributed by atoms with Gasteiger partial charge in [0.1, 0.15) is 0 Å². The van der Waals surface area contributed by atoms with Crippen molar-refractivity contribution in [1.82, 2.24) is 10.6 Å². The Hall–Kier alpha value is -1.20. The van der Waals surface area contributed by atoms with Gasteiger partial charge in [-0.1, -0.05) is 41.4 Å². The summed E-state index contributed by atoms with van der Waals surface area (Å²) in [6.07, 6.45) is 0. The first-order valence-electron chi connectivity index (χ1n) is 7.78. The van der Waals surface area contributed by atoms with Gasteiger partial charge in [0.2, 0.25) is 0 Å². The highest BCUT2D eigenvalue weighted by Gasteiger charge is 2.17. The highest BCUT2D eigenvalue weighted by atomic mass is 35.5. The maximum Gasteiger partial charge on any atom is 0.251 e. The van der Waals surface area contributed by atoms with E-state index < -0.39 is 0 Å². The van der Waals surface area contributed by atoms with Crippen LogP contribution in [0.2, 0.25) is 10.0 Å². The van der Waals surface area contributed by atoms with Crippen molar-refractivity contribution in [3.05, 3.63) is 63.6 Å². The number of rotatable bonds is 6. The summed E-state index contributed by atoms with van der Waals surface area (Å²) in [6, 6.07) is 13.2. The predicted molar refractivity (Wildman–Crippen MR) is 101 cm³/mol. The van der Waals surface area contributed by atoms with E-state index in [0.29, 0.717) is 27.3 Å². The number of halogens is 2. The molecule has 1 aliphatic heterocycles. The van der Waals surface area contributed by atoms with Crippen LogP contribution in [0.1, 0.15) is 15.9 Å². The van der Waals surface area contributed by atoms with Crippen LogP contribution in [0.15, 0.2) is 47.4 Å².